The van der Waals surface area contributed by atoms with Gasteiger partial charge in [-0.05, 0) is 38.4 Å². The molecular formula is C21H28N2O5S. The summed E-state index contributed by atoms with van der Waals surface area (Å²) < 4.78 is 37.2. The second-order valence-electron chi connectivity index (χ2n) is 7.78. The fourth-order valence-electron chi connectivity index (χ4n) is 3.51. The minimum Gasteiger partial charge on any atom is -0.495 e. The van der Waals surface area contributed by atoms with E-state index >= 15 is 0 Å². The van der Waals surface area contributed by atoms with Crippen molar-refractivity contribution >= 4 is 15.7 Å². The van der Waals surface area contributed by atoms with Gasteiger partial charge in [0.15, 0.2) is 0 Å². The van der Waals surface area contributed by atoms with Gasteiger partial charge in [-0.1, -0.05) is 30.3 Å². The fourth-order valence-corrected chi connectivity index (χ4v) is 4.07. The number of hydrogen-bond donors (Lipinski definition) is 3. The molecule has 3 N–H and O–H groups in total. The lowest BCUT2D eigenvalue weighted by atomic mass is 9.86. The number of hydrogen-bond acceptors (Lipinski definition) is 6. The smallest absolute Gasteiger partial charge is 0.229 e. The van der Waals surface area contributed by atoms with E-state index in [0.29, 0.717) is 23.7 Å². The van der Waals surface area contributed by atoms with Crippen molar-refractivity contribution in [1.82, 2.24) is 5.32 Å². The number of nitrogens with one attached hydrogen (secondary N) is 2. The van der Waals surface area contributed by atoms with Crippen LogP contribution in [-0.2, 0) is 16.4 Å². The minimum absolute atomic E-state index is 0.295. The summed E-state index contributed by atoms with van der Waals surface area (Å²) in [6.45, 7) is 4.27. The molecule has 0 amide bonds. The number of ether oxygens (including phenoxy) is 2. The minimum atomic E-state index is -3.48. The van der Waals surface area contributed by atoms with Crippen LogP contribution in [0.25, 0.3) is 0 Å². The molecule has 0 radical (unpaired) electrons. The number of anilines is 1. The Morgan fingerprint density at radius 1 is 1.21 bits per heavy atom. The zero-order valence-electron chi connectivity index (χ0n) is 17.1. The predicted molar refractivity (Wildman–Crippen MR) is 113 cm³/mol. The van der Waals surface area contributed by atoms with E-state index in [0.717, 1.165) is 18.2 Å². The van der Waals surface area contributed by atoms with Gasteiger partial charge in [0.05, 0.1) is 25.1 Å². The highest BCUT2D eigenvalue weighted by Gasteiger charge is 2.43. The normalized spacial score (nSPS) is 20.4. The maximum Gasteiger partial charge on any atom is 0.229 e. The Hall–Kier alpha value is -2.29. The second-order valence-corrected chi connectivity index (χ2v) is 9.53. The van der Waals surface area contributed by atoms with E-state index in [1.54, 1.807) is 26.0 Å². The van der Waals surface area contributed by atoms with Gasteiger partial charge in [-0.15, -0.1) is 0 Å². The number of methoxy groups -OCH3 is 1. The molecule has 0 bridgehead atoms. The lowest BCUT2D eigenvalue weighted by Crippen LogP contribution is -2.52. The summed E-state index contributed by atoms with van der Waals surface area (Å²) in [7, 11) is -2.02. The molecule has 1 aliphatic rings. The van der Waals surface area contributed by atoms with Crippen molar-refractivity contribution in [1.29, 1.82) is 0 Å². The maximum absolute atomic E-state index is 11.7. The van der Waals surface area contributed by atoms with E-state index < -0.39 is 27.8 Å². The van der Waals surface area contributed by atoms with Crippen molar-refractivity contribution < 1.29 is 23.0 Å². The van der Waals surface area contributed by atoms with Crippen molar-refractivity contribution in [3.63, 3.8) is 0 Å². The van der Waals surface area contributed by atoms with Gasteiger partial charge in [0, 0.05) is 11.6 Å². The van der Waals surface area contributed by atoms with Gasteiger partial charge < -0.3 is 19.9 Å². The first kappa shape index (κ1) is 21.4. The summed E-state index contributed by atoms with van der Waals surface area (Å²) in [6, 6.07) is 13.0. The van der Waals surface area contributed by atoms with Gasteiger partial charge in [-0.2, -0.15) is 0 Å². The molecule has 0 saturated heterocycles. The molecule has 8 heteroatoms. The van der Waals surface area contributed by atoms with Gasteiger partial charge in [0.1, 0.15) is 23.2 Å². The molecule has 0 spiro atoms. The Kier molecular flexibility index (Phi) is 6.07. The molecule has 0 fully saturated rings. The first-order chi connectivity index (χ1) is 13.6. The second kappa shape index (κ2) is 8.22. The third-order valence-electron chi connectivity index (χ3n) is 4.98. The Labute approximate surface area is 172 Å². The van der Waals surface area contributed by atoms with Gasteiger partial charge >= 0.3 is 0 Å². The van der Waals surface area contributed by atoms with Crippen LogP contribution in [0.3, 0.4) is 0 Å². The van der Waals surface area contributed by atoms with Crippen LogP contribution < -0.4 is 19.5 Å². The molecule has 1 heterocycles. The zero-order chi connectivity index (χ0) is 21.2. The number of fused-ring (bicyclic) bond motifs is 1. The predicted octanol–water partition coefficient (Wildman–Crippen LogP) is 2.47. The van der Waals surface area contributed by atoms with Crippen LogP contribution in [0.1, 0.15) is 31.0 Å². The topological polar surface area (TPSA) is 96.9 Å². The summed E-state index contributed by atoms with van der Waals surface area (Å²) in [6.07, 6.45) is 1.09. The van der Waals surface area contributed by atoms with Crippen molar-refractivity contribution in [3.05, 3.63) is 53.6 Å². The Balaban J connectivity index is 1.91. The number of aliphatic hydroxyl groups excluding tert-OH is 1. The molecule has 158 valence electrons. The first-order valence-electron chi connectivity index (χ1n) is 9.45. The van der Waals surface area contributed by atoms with Crippen molar-refractivity contribution in [3.8, 4) is 11.5 Å². The lowest BCUT2D eigenvalue weighted by Gasteiger charge is -2.42. The van der Waals surface area contributed by atoms with Crippen LogP contribution in [-0.4, -0.2) is 45.1 Å². The highest BCUT2D eigenvalue weighted by atomic mass is 32.2. The summed E-state index contributed by atoms with van der Waals surface area (Å²) in [4.78, 5) is 0. The van der Waals surface area contributed by atoms with E-state index in [4.69, 9.17) is 9.47 Å². The number of rotatable bonds is 7. The standard InChI is InChI=1S/C21H28N2O5S/c1-21(2)20(24)19(22-11-10-14-8-6-5-7-9-14)15-12-18(27-3)16(13-17(15)28-21)23-29(4,25)26/h5-9,12-13,19-20,22-24H,10-11H2,1-4H3. The van der Waals surface area contributed by atoms with Gasteiger partial charge in [-0.3, -0.25) is 4.72 Å². The lowest BCUT2D eigenvalue weighted by molar-refractivity contribution is -0.0644. The molecule has 0 aliphatic carbocycles. The highest BCUT2D eigenvalue weighted by Crippen LogP contribution is 2.44. The Morgan fingerprint density at radius 2 is 1.90 bits per heavy atom. The van der Waals surface area contributed by atoms with Crippen LogP contribution in [0.4, 0.5) is 5.69 Å². The molecule has 7 nitrogen and oxygen atoms in total. The SMILES string of the molecule is COc1cc2c(cc1NS(C)(=O)=O)OC(C)(C)C(O)C2NCCc1ccccc1. The van der Waals surface area contributed by atoms with Gasteiger partial charge in [0.2, 0.25) is 10.0 Å². The molecule has 1 aliphatic heterocycles. The zero-order valence-corrected chi connectivity index (χ0v) is 17.9. The van der Waals surface area contributed by atoms with Crippen LogP contribution in [0, 0.1) is 0 Å². The summed E-state index contributed by atoms with van der Waals surface area (Å²) in [5, 5.41) is 14.3. The van der Waals surface area contributed by atoms with Crippen LogP contribution >= 0.6 is 0 Å². The molecule has 2 unspecified atom stereocenters. The number of benzene rings is 2. The molecule has 2 aromatic rings. The Bertz CT molecular complexity index is 961. The third-order valence-corrected chi connectivity index (χ3v) is 5.57. The molecule has 0 saturated carbocycles. The number of sulfonamides is 1. The average molecular weight is 421 g/mol. The first-order valence-corrected chi connectivity index (χ1v) is 11.3. The molecule has 2 aromatic carbocycles. The third kappa shape index (κ3) is 5.01. The number of aliphatic hydroxyl groups is 1. The fraction of sp³-hybridized carbons (Fsp3) is 0.429. The van der Waals surface area contributed by atoms with Gasteiger partial charge in [-0.25, -0.2) is 8.42 Å². The van der Waals surface area contributed by atoms with Crippen LogP contribution in [0.15, 0.2) is 42.5 Å². The van der Waals surface area contributed by atoms with E-state index in [1.807, 2.05) is 18.2 Å². The quantitative estimate of drug-likeness (QED) is 0.637. The summed E-state index contributed by atoms with van der Waals surface area (Å²) in [5.41, 5.74) is 1.37. The van der Waals surface area contributed by atoms with Crippen molar-refractivity contribution in [2.45, 2.75) is 38.0 Å². The summed E-state index contributed by atoms with van der Waals surface area (Å²) in [5.74, 6) is 0.865. The van der Waals surface area contributed by atoms with E-state index in [-0.39, 0.29) is 0 Å². The van der Waals surface area contributed by atoms with Crippen LogP contribution in [0.2, 0.25) is 0 Å². The van der Waals surface area contributed by atoms with Crippen molar-refractivity contribution in [2.75, 3.05) is 24.6 Å². The molecular weight excluding hydrogens is 392 g/mol. The average Bonchev–Trinajstić information content (AvgIpc) is 2.64. The van der Waals surface area contributed by atoms with Crippen LogP contribution in [0.5, 0.6) is 11.5 Å². The Morgan fingerprint density at radius 3 is 2.52 bits per heavy atom. The molecule has 2 atom stereocenters. The van der Waals surface area contributed by atoms with E-state index in [9.17, 15) is 13.5 Å². The monoisotopic (exact) mass is 420 g/mol. The molecule has 29 heavy (non-hydrogen) atoms. The largest absolute Gasteiger partial charge is 0.495 e. The molecule has 0 aromatic heterocycles. The summed E-state index contributed by atoms with van der Waals surface area (Å²) >= 11 is 0. The van der Waals surface area contributed by atoms with E-state index in [1.165, 1.54) is 12.7 Å². The van der Waals surface area contributed by atoms with Gasteiger partial charge in [0.25, 0.3) is 0 Å². The van der Waals surface area contributed by atoms with Crippen molar-refractivity contribution in [2.24, 2.45) is 0 Å². The van der Waals surface area contributed by atoms with E-state index in [2.05, 4.69) is 22.2 Å². The highest BCUT2D eigenvalue weighted by molar-refractivity contribution is 7.92. The molecule has 3 rings (SSSR count). The maximum atomic E-state index is 11.7.